The summed E-state index contributed by atoms with van der Waals surface area (Å²) in [5, 5.41) is 21.9. The monoisotopic (exact) mass is 433 g/mol. The number of rotatable bonds is 6. The number of anilines is 1. The van der Waals surface area contributed by atoms with Crippen molar-refractivity contribution >= 4 is 39.6 Å². The number of halogens is 1. The highest BCUT2D eigenvalue weighted by atomic mass is 79.9. The van der Waals surface area contributed by atoms with E-state index in [0.717, 1.165) is 16.4 Å². The number of hydrogen-bond acceptors (Lipinski definition) is 8. The third-order valence-corrected chi connectivity index (χ3v) is 3.87. The minimum atomic E-state index is -0.671. The molecule has 0 bridgehead atoms. The summed E-state index contributed by atoms with van der Waals surface area (Å²) in [4.78, 5) is 23.4. The van der Waals surface area contributed by atoms with Crippen molar-refractivity contribution in [3.05, 3.63) is 68.1 Å². The van der Waals surface area contributed by atoms with Crippen LogP contribution in [0.1, 0.15) is 21.9 Å². The molecular weight excluding hydrogens is 422 g/mol. The first-order chi connectivity index (χ1) is 12.9. The van der Waals surface area contributed by atoms with E-state index in [4.69, 9.17) is 4.42 Å². The van der Waals surface area contributed by atoms with Gasteiger partial charge in [-0.15, -0.1) is 5.10 Å². The number of carbonyl (C=O) groups excluding carboxylic acids is 1. The summed E-state index contributed by atoms with van der Waals surface area (Å²) in [6.07, 6.45) is 1.14. The minimum Gasteiger partial charge on any atom is -0.400 e. The largest absolute Gasteiger partial charge is 0.433 e. The van der Waals surface area contributed by atoms with E-state index in [9.17, 15) is 14.9 Å². The molecular formula is C15H12BrN7O4. The highest BCUT2D eigenvalue weighted by Crippen LogP contribution is 2.15. The van der Waals surface area contributed by atoms with E-state index >= 15 is 0 Å². The van der Waals surface area contributed by atoms with Crippen LogP contribution in [0.15, 0.2) is 50.4 Å². The van der Waals surface area contributed by atoms with Crippen molar-refractivity contribution in [3.8, 4) is 0 Å². The lowest BCUT2D eigenvalue weighted by molar-refractivity contribution is -0.402. The predicted molar refractivity (Wildman–Crippen MR) is 98.3 cm³/mol. The van der Waals surface area contributed by atoms with Crippen molar-refractivity contribution < 1.29 is 14.1 Å². The number of carbonyl (C=O) groups is 1. The molecule has 12 heteroatoms. The smallest absolute Gasteiger partial charge is 0.400 e. The number of nitro groups is 1. The van der Waals surface area contributed by atoms with Crippen LogP contribution in [0.5, 0.6) is 0 Å². The second-order valence-electron chi connectivity index (χ2n) is 5.19. The number of hydrazone groups is 1. The quantitative estimate of drug-likeness (QED) is 0.345. The summed E-state index contributed by atoms with van der Waals surface area (Å²) >= 11 is 3.35. The molecule has 1 aromatic carbocycles. The van der Waals surface area contributed by atoms with Crippen molar-refractivity contribution in [2.45, 2.75) is 6.92 Å². The summed E-state index contributed by atoms with van der Waals surface area (Å²) in [6.45, 7) is 1.67. The van der Waals surface area contributed by atoms with Gasteiger partial charge in [0.2, 0.25) is 0 Å². The van der Waals surface area contributed by atoms with E-state index in [1.54, 1.807) is 6.92 Å². The Labute approximate surface area is 160 Å². The highest BCUT2D eigenvalue weighted by molar-refractivity contribution is 9.10. The Bertz CT molecular complexity index is 1010. The molecule has 2 heterocycles. The number of furan rings is 1. The van der Waals surface area contributed by atoms with Crippen LogP contribution >= 0.6 is 15.9 Å². The number of aromatic nitrogens is 3. The van der Waals surface area contributed by atoms with E-state index in [1.165, 1.54) is 16.9 Å². The first kappa shape index (κ1) is 18.3. The topological polar surface area (TPSA) is 140 Å². The number of nitrogens with one attached hydrogen (secondary N) is 2. The van der Waals surface area contributed by atoms with Crippen LogP contribution in [-0.4, -0.2) is 32.1 Å². The molecule has 0 saturated heterocycles. The van der Waals surface area contributed by atoms with Gasteiger partial charge in [-0.25, -0.2) is 5.43 Å². The first-order valence-electron chi connectivity index (χ1n) is 7.46. The van der Waals surface area contributed by atoms with Gasteiger partial charge in [0.1, 0.15) is 4.92 Å². The number of benzene rings is 1. The Morgan fingerprint density at radius 2 is 2.07 bits per heavy atom. The van der Waals surface area contributed by atoms with Crippen LogP contribution < -0.4 is 10.9 Å². The molecule has 3 rings (SSSR count). The lowest BCUT2D eigenvalue weighted by atomic mass is 10.3. The van der Waals surface area contributed by atoms with Crippen molar-refractivity contribution in [2.24, 2.45) is 5.10 Å². The summed E-state index contributed by atoms with van der Waals surface area (Å²) in [6, 6.07) is 9.92. The normalized spacial score (nSPS) is 10.9. The van der Waals surface area contributed by atoms with Crippen LogP contribution in [0.4, 0.5) is 11.6 Å². The standard InChI is InChI=1S/C15H12BrN7O4/c1-9-14(18-21-22(9)20-11-4-2-10(16)3-5-11)15(24)19-17-8-12-6-7-13(27-12)23(25)26/h2-8,20H,1H3,(H,19,24)/b17-8+. The van der Waals surface area contributed by atoms with Crippen LogP contribution in [0, 0.1) is 17.0 Å². The molecule has 0 aliphatic heterocycles. The third kappa shape index (κ3) is 4.36. The molecule has 1 amide bonds. The van der Waals surface area contributed by atoms with Gasteiger partial charge in [-0.3, -0.25) is 20.3 Å². The Kier molecular flexibility index (Phi) is 5.26. The third-order valence-electron chi connectivity index (χ3n) is 3.34. The van der Waals surface area contributed by atoms with Gasteiger partial charge in [0.25, 0.3) is 5.91 Å². The van der Waals surface area contributed by atoms with Crippen LogP contribution in [0.2, 0.25) is 0 Å². The molecule has 0 fully saturated rings. The lowest BCUT2D eigenvalue weighted by Crippen LogP contribution is -2.20. The van der Waals surface area contributed by atoms with Gasteiger partial charge < -0.3 is 4.42 Å². The highest BCUT2D eigenvalue weighted by Gasteiger charge is 2.16. The maximum atomic E-state index is 12.2. The Morgan fingerprint density at radius 3 is 2.74 bits per heavy atom. The lowest BCUT2D eigenvalue weighted by Gasteiger charge is -2.07. The van der Waals surface area contributed by atoms with E-state index in [0.29, 0.717) is 5.69 Å². The predicted octanol–water partition coefficient (Wildman–Crippen LogP) is 2.49. The summed E-state index contributed by atoms with van der Waals surface area (Å²) in [5.41, 5.74) is 6.56. The van der Waals surface area contributed by atoms with Gasteiger partial charge in [-0.05, 0) is 42.5 Å². The SMILES string of the molecule is Cc1c(C(=O)N/N=C/c2ccc([N+](=O)[O-])o2)nnn1Nc1ccc(Br)cc1. The maximum absolute atomic E-state index is 12.2. The van der Waals surface area contributed by atoms with Crippen LogP contribution in [-0.2, 0) is 0 Å². The van der Waals surface area contributed by atoms with E-state index in [1.807, 2.05) is 24.3 Å². The molecule has 2 N–H and O–H groups in total. The molecule has 0 unspecified atom stereocenters. The molecule has 0 atom stereocenters. The zero-order chi connectivity index (χ0) is 19.4. The molecule has 0 radical (unpaired) electrons. The first-order valence-corrected chi connectivity index (χ1v) is 8.26. The summed E-state index contributed by atoms with van der Waals surface area (Å²) < 4.78 is 5.82. The molecule has 11 nitrogen and oxygen atoms in total. The molecule has 27 heavy (non-hydrogen) atoms. The molecule has 0 aliphatic carbocycles. The van der Waals surface area contributed by atoms with Crippen LogP contribution in [0.3, 0.4) is 0 Å². The van der Waals surface area contributed by atoms with Gasteiger partial charge in [0, 0.05) is 4.47 Å². The van der Waals surface area contributed by atoms with Crippen molar-refractivity contribution in [2.75, 3.05) is 5.43 Å². The second-order valence-corrected chi connectivity index (χ2v) is 6.10. The fourth-order valence-corrected chi connectivity index (χ4v) is 2.27. The molecule has 0 aliphatic rings. The average molecular weight is 434 g/mol. The number of nitrogens with zero attached hydrogens (tertiary/aromatic N) is 5. The van der Waals surface area contributed by atoms with Crippen molar-refractivity contribution in [3.63, 3.8) is 0 Å². The molecule has 0 saturated carbocycles. The molecule has 3 aromatic rings. The molecule has 138 valence electrons. The van der Waals surface area contributed by atoms with E-state index < -0.39 is 16.7 Å². The summed E-state index contributed by atoms with van der Waals surface area (Å²) in [5.74, 6) is -0.881. The van der Waals surface area contributed by atoms with Crippen molar-refractivity contribution in [1.82, 2.24) is 20.5 Å². The number of amides is 1. The zero-order valence-corrected chi connectivity index (χ0v) is 15.4. The number of hydrogen-bond donors (Lipinski definition) is 2. The molecule has 2 aromatic heterocycles. The van der Waals surface area contributed by atoms with Gasteiger partial charge in [0.05, 0.1) is 23.7 Å². The Hall–Kier alpha value is -3.54. The fraction of sp³-hybridized carbons (Fsp3) is 0.0667. The Balaban J connectivity index is 1.64. The molecule has 0 spiro atoms. The average Bonchev–Trinajstić information content (AvgIpc) is 3.25. The zero-order valence-electron chi connectivity index (χ0n) is 13.8. The van der Waals surface area contributed by atoms with Gasteiger partial charge in [0.15, 0.2) is 11.5 Å². The van der Waals surface area contributed by atoms with Gasteiger partial charge in [-0.2, -0.15) is 9.89 Å². The second kappa shape index (κ2) is 7.78. The van der Waals surface area contributed by atoms with E-state index in [-0.39, 0.29) is 11.5 Å². The summed E-state index contributed by atoms with van der Waals surface area (Å²) in [7, 11) is 0. The van der Waals surface area contributed by atoms with Gasteiger partial charge in [-0.1, -0.05) is 15.9 Å². The van der Waals surface area contributed by atoms with E-state index in [2.05, 4.69) is 42.2 Å². The fourth-order valence-electron chi connectivity index (χ4n) is 2.01. The van der Waals surface area contributed by atoms with Gasteiger partial charge >= 0.3 is 5.88 Å². The Morgan fingerprint density at radius 1 is 1.33 bits per heavy atom. The van der Waals surface area contributed by atoms with Crippen LogP contribution in [0.25, 0.3) is 0 Å². The minimum absolute atomic E-state index is 0.0715. The maximum Gasteiger partial charge on any atom is 0.433 e. The van der Waals surface area contributed by atoms with Crippen molar-refractivity contribution in [1.29, 1.82) is 0 Å².